The molecule has 4 heterocycles. The first kappa shape index (κ1) is 18.3. The molecule has 1 saturated heterocycles. The second-order valence-electron chi connectivity index (χ2n) is 7.63. The fourth-order valence-corrected chi connectivity index (χ4v) is 5.53. The number of ether oxygens (including phenoxy) is 1. The van der Waals surface area contributed by atoms with E-state index in [1.54, 1.807) is 24.7 Å². The number of anilines is 1. The number of amides is 1. The van der Waals surface area contributed by atoms with Crippen molar-refractivity contribution in [2.24, 2.45) is 5.73 Å². The highest BCUT2D eigenvalue weighted by atomic mass is 32.1. The molecule has 1 aliphatic heterocycles. The quantitative estimate of drug-likeness (QED) is 0.712. The van der Waals surface area contributed by atoms with Gasteiger partial charge in [-0.3, -0.25) is 9.78 Å². The van der Waals surface area contributed by atoms with E-state index in [1.807, 2.05) is 11.3 Å². The van der Waals surface area contributed by atoms with Gasteiger partial charge in [0.15, 0.2) is 0 Å². The van der Waals surface area contributed by atoms with E-state index in [0.29, 0.717) is 5.75 Å². The Morgan fingerprint density at radius 3 is 2.83 bits per heavy atom. The Balaban J connectivity index is 1.32. The summed E-state index contributed by atoms with van der Waals surface area (Å²) in [7, 11) is 0. The van der Waals surface area contributed by atoms with Gasteiger partial charge >= 0.3 is 0 Å². The topological polar surface area (TPSA) is 94.2 Å². The van der Waals surface area contributed by atoms with Crippen LogP contribution in [0.5, 0.6) is 5.75 Å². The van der Waals surface area contributed by atoms with Crippen molar-refractivity contribution in [1.82, 2.24) is 15.0 Å². The standard InChI is InChI=1S/C21H23N5O2S/c22-19(27)16-11-14(5-8-23-16)28-13-6-9-26(10-7-13)20-18-15-3-1-2-4-17(15)29-21(18)25-12-24-20/h5,8,11-13H,1-4,6-7,9-10H2,(H2,22,27). The molecule has 3 aromatic heterocycles. The van der Waals surface area contributed by atoms with Crippen molar-refractivity contribution in [2.75, 3.05) is 18.0 Å². The van der Waals surface area contributed by atoms with E-state index in [0.717, 1.165) is 43.0 Å². The van der Waals surface area contributed by atoms with Crippen LogP contribution in [0, 0.1) is 0 Å². The average molecular weight is 410 g/mol. The third-order valence-corrected chi connectivity index (χ3v) is 6.96. The van der Waals surface area contributed by atoms with Gasteiger partial charge in [0.2, 0.25) is 0 Å². The molecule has 3 aromatic rings. The lowest BCUT2D eigenvalue weighted by Crippen LogP contribution is -2.38. The van der Waals surface area contributed by atoms with Gasteiger partial charge in [0.1, 0.15) is 34.5 Å². The molecule has 0 atom stereocenters. The number of pyridine rings is 1. The molecule has 29 heavy (non-hydrogen) atoms. The van der Waals surface area contributed by atoms with Crippen LogP contribution in [0.1, 0.15) is 46.6 Å². The first-order chi connectivity index (χ1) is 14.2. The SMILES string of the molecule is NC(=O)c1cc(OC2CCN(c3ncnc4sc5c(c34)CCCC5)CC2)ccn1. The minimum atomic E-state index is -0.544. The lowest BCUT2D eigenvalue weighted by molar-refractivity contribution is 0.0994. The number of hydrogen-bond donors (Lipinski definition) is 1. The zero-order valence-corrected chi connectivity index (χ0v) is 17.0. The molecular weight excluding hydrogens is 386 g/mol. The molecule has 1 fully saturated rings. The van der Waals surface area contributed by atoms with Gasteiger partial charge in [0.05, 0.1) is 5.39 Å². The fraction of sp³-hybridized carbons (Fsp3) is 0.429. The molecule has 0 aromatic carbocycles. The average Bonchev–Trinajstić information content (AvgIpc) is 3.13. The number of thiophene rings is 1. The highest BCUT2D eigenvalue weighted by Gasteiger charge is 2.26. The molecule has 0 spiro atoms. The zero-order valence-electron chi connectivity index (χ0n) is 16.1. The maximum atomic E-state index is 11.3. The molecule has 150 valence electrons. The first-order valence-electron chi connectivity index (χ1n) is 10.1. The predicted octanol–water partition coefficient (Wildman–Crippen LogP) is 3.11. The Bertz CT molecular complexity index is 1060. The van der Waals surface area contributed by atoms with Crippen molar-refractivity contribution in [3.63, 3.8) is 0 Å². The van der Waals surface area contributed by atoms with Crippen molar-refractivity contribution < 1.29 is 9.53 Å². The van der Waals surface area contributed by atoms with Gasteiger partial charge in [-0.25, -0.2) is 9.97 Å². The number of nitrogens with zero attached hydrogens (tertiary/aromatic N) is 4. The van der Waals surface area contributed by atoms with Crippen LogP contribution in [0.25, 0.3) is 10.2 Å². The van der Waals surface area contributed by atoms with Crippen LogP contribution in [-0.4, -0.2) is 40.1 Å². The van der Waals surface area contributed by atoms with E-state index in [1.165, 1.54) is 35.1 Å². The number of rotatable bonds is 4. The number of carbonyl (C=O) groups is 1. The molecule has 2 aliphatic rings. The number of aromatic nitrogens is 3. The van der Waals surface area contributed by atoms with Gasteiger partial charge in [0.25, 0.3) is 5.91 Å². The van der Waals surface area contributed by atoms with E-state index >= 15 is 0 Å². The third-order valence-electron chi connectivity index (χ3n) is 5.76. The number of piperidine rings is 1. The van der Waals surface area contributed by atoms with Crippen LogP contribution in [0.3, 0.4) is 0 Å². The minimum absolute atomic E-state index is 0.100. The van der Waals surface area contributed by atoms with Crippen molar-refractivity contribution in [3.05, 3.63) is 40.8 Å². The van der Waals surface area contributed by atoms with Crippen molar-refractivity contribution in [2.45, 2.75) is 44.6 Å². The monoisotopic (exact) mass is 409 g/mol. The summed E-state index contributed by atoms with van der Waals surface area (Å²) in [4.78, 5) is 29.5. The molecule has 0 radical (unpaired) electrons. The maximum Gasteiger partial charge on any atom is 0.267 e. The second-order valence-corrected chi connectivity index (χ2v) is 8.72. The summed E-state index contributed by atoms with van der Waals surface area (Å²) in [6, 6.07) is 3.38. The van der Waals surface area contributed by atoms with Crippen LogP contribution in [0.4, 0.5) is 5.82 Å². The van der Waals surface area contributed by atoms with Gasteiger partial charge in [-0.1, -0.05) is 0 Å². The summed E-state index contributed by atoms with van der Waals surface area (Å²) in [5.41, 5.74) is 7.01. The second kappa shape index (κ2) is 7.59. The number of primary amides is 1. The van der Waals surface area contributed by atoms with Gasteiger partial charge in [0, 0.05) is 43.1 Å². The molecular formula is C21H23N5O2S. The molecule has 5 rings (SSSR count). The fourth-order valence-electron chi connectivity index (χ4n) is 4.31. The Labute approximate surface area is 172 Å². The molecule has 1 amide bonds. The molecule has 2 N–H and O–H groups in total. The number of carbonyl (C=O) groups excluding carboxylic acids is 1. The first-order valence-corrected chi connectivity index (χ1v) is 10.9. The summed E-state index contributed by atoms with van der Waals surface area (Å²) in [6.07, 6.45) is 9.98. The Morgan fingerprint density at radius 1 is 1.17 bits per heavy atom. The number of nitrogens with two attached hydrogens (primary N) is 1. The van der Waals surface area contributed by atoms with Crippen LogP contribution in [0.2, 0.25) is 0 Å². The normalized spacial score (nSPS) is 17.3. The van der Waals surface area contributed by atoms with E-state index in [4.69, 9.17) is 10.5 Å². The number of hydrogen-bond acceptors (Lipinski definition) is 7. The molecule has 0 unspecified atom stereocenters. The van der Waals surface area contributed by atoms with E-state index in [-0.39, 0.29) is 11.8 Å². The number of fused-ring (bicyclic) bond motifs is 3. The molecule has 7 nitrogen and oxygen atoms in total. The van der Waals surface area contributed by atoms with Crippen LogP contribution >= 0.6 is 11.3 Å². The van der Waals surface area contributed by atoms with Gasteiger partial charge in [-0.15, -0.1) is 11.3 Å². The Morgan fingerprint density at radius 2 is 2.00 bits per heavy atom. The van der Waals surface area contributed by atoms with Crippen molar-refractivity contribution in [1.29, 1.82) is 0 Å². The summed E-state index contributed by atoms with van der Waals surface area (Å²) in [5.74, 6) is 1.17. The van der Waals surface area contributed by atoms with Crippen molar-refractivity contribution in [3.8, 4) is 5.75 Å². The molecule has 0 bridgehead atoms. The van der Waals surface area contributed by atoms with Gasteiger partial charge in [-0.2, -0.15) is 0 Å². The highest BCUT2D eigenvalue weighted by Crippen LogP contribution is 2.39. The summed E-state index contributed by atoms with van der Waals surface area (Å²) in [5, 5.41) is 1.27. The van der Waals surface area contributed by atoms with Crippen LogP contribution in [0.15, 0.2) is 24.7 Å². The van der Waals surface area contributed by atoms with Gasteiger partial charge in [-0.05, 0) is 37.3 Å². The zero-order chi connectivity index (χ0) is 19.8. The van der Waals surface area contributed by atoms with E-state index in [2.05, 4.69) is 19.9 Å². The highest BCUT2D eigenvalue weighted by molar-refractivity contribution is 7.19. The summed E-state index contributed by atoms with van der Waals surface area (Å²) >= 11 is 1.84. The summed E-state index contributed by atoms with van der Waals surface area (Å²) in [6.45, 7) is 1.77. The maximum absolute atomic E-state index is 11.3. The largest absolute Gasteiger partial charge is 0.490 e. The molecule has 0 saturated carbocycles. The van der Waals surface area contributed by atoms with E-state index in [9.17, 15) is 4.79 Å². The minimum Gasteiger partial charge on any atom is -0.490 e. The van der Waals surface area contributed by atoms with Crippen LogP contribution < -0.4 is 15.4 Å². The smallest absolute Gasteiger partial charge is 0.267 e. The lowest BCUT2D eigenvalue weighted by Gasteiger charge is -2.33. The number of aryl methyl sites for hydroxylation is 2. The molecule has 8 heteroatoms. The Kier molecular flexibility index (Phi) is 4.79. The lowest BCUT2D eigenvalue weighted by atomic mass is 9.96. The summed E-state index contributed by atoms with van der Waals surface area (Å²) < 4.78 is 6.09. The van der Waals surface area contributed by atoms with E-state index < -0.39 is 5.91 Å². The predicted molar refractivity (Wildman–Crippen MR) is 113 cm³/mol. The molecule has 1 aliphatic carbocycles. The third kappa shape index (κ3) is 3.53. The Hall–Kier alpha value is -2.74. The van der Waals surface area contributed by atoms with Gasteiger partial charge < -0.3 is 15.4 Å². The van der Waals surface area contributed by atoms with Crippen molar-refractivity contribution >= 4 is 33.3 Å². The van der Waals surface area contributed by atoms with Crippen LogP contribution in [-0.2, 0) is 12.8 Å².